The van der Waals surface area contributed by atoms with Crippen molar-refractivity contribution in [2.45, 2.75) is 38.6 Å². The molecule has 25 heavy (non-hydrogen) atoms. The average Bonchev–Trinajstić information content (AvgIpc) is 2.66. The van der Waals surface area contributed by atoms with Crippen LogP contribution in [0.1, 0.15) is 43.2 Å². The van der Waals surface area contributed by atoms with Crippen LogP contribution in [0, 0.1) is 23.6 Å². The van der Waals surface area contributed by atoms with Gasteiger partial charge in [0.2, 0.25) is 5.95 Å². The first-order valence-electron chi connectivity index (χ1n) is 8.79. The first-order valence-corrected chi connectivity index (χ1v) is 8.79. The van der Waals surface area contributed by atoms with Crippen LogP contribution in [0.2, 0.25) is 0 Å². The first-order chi connectivity index (χ1) is 12.2. The predicted molar refractivity (Wildman–Crippen MR) is 98.8 cm³/mol. The van der Waals surface area contributed by atoms with Gasteiger partial charge in [-0.05, 0) is 30.5 Å². The van der Waals surface area contributed by atoms with Gasteiger partial charge in [-0.3, -0.25) is 0 Å². The summed E-state index contributed by atoms with van der Waals surface area (Å²) in [6.45, 7) is 0.482. The van der Waals surface area contributed by atoms with Crippen molar-refractivity contribution in [3.05, 3.63) is 47.4 Å². The van der Waals surface area contributed by atoms with Crippen molar-refractivity contribution < 1.29 is 4.39 Å². The Labute approximate surface area is 148 Å². The number of hydrogen-bond acceptors (Lipinski definition) is 4. The Hall–Kier alpha value is -2.61. The molecular weight excluding hydrogens is 315 g/mol. The molecule has 1 aliphatic carbocycles. The van der Waals surface area contributed by atoms with Crippen molar-refractivity contribution in [1.82, 2.24) is 9.97 Å². The molecule has 0 radical (unpaired) electrons. The SMILES string of the molecule is CNc1ncc(C#CC2CCCCC2)c(NCc2cccc(F)c2)n1. The number of nitrogens with one attached hydrogen (secondary N) is 2. The number of anilines is 2. The fraction of sp³-hybridized carbons (Fsp3) is 0.400. The Bertz CT molecular complexity index is 773. The van der Waals surface area contributed by atoms with Crippen molar-refractivity contribution >= 4 is 11.8 Å². The number of aromatic nitrogens is 2. The molecule has 1 heterocycles. The average molecular weight is 338 g/mol. The maximum absolute atomic E-state index is 13.3. The van der Waals surface area contributed by atoms with E-state index in [4.69, 9.17) is 0 Å². The highest BCUT2D eigenvalue weighted by Gasteiger charge is 2.11. The maximum atomic E-state index is 13.3. The Morgan fingerprint density at radius 1 is 1.24 bits per heavy atom. The monoisotopic (exact) mass is 338 g/mol. The van der Waals surface area contributed by atoms with Crippen LogP contribution in [0.4, 0.5) is 16.2 Å². The highest BCUT2D eigenvalue weighted by Crippen LogP contribution is 2.23. The number of benzene rings is 1. The molecule has 3 rings (SSSR count). The van der Waals surface area contributed by atoms with Gasteiger partial charge in [0.25, 0.3) is 0 Å². The Balaban J connectivity index is 1.77. The third-order valence-corrected chi connectivity index (χ3v) is 4.38. The van der Waals surface area contributed by atoms with E-state index in [1.165, 1.54) is 44.2 Å². The van der Waals surface area contributed by atoms with Gasteiger partial charge in [0.15, 0.2) is 0 Å². The maximum Gasteiger partial charge on any atom is 0.224 e. The van der Waals surface area contributed by atoms with Gasteiger partial charge < -0.3 is 10.6 Å². The lowest BCUT2D eigenvalue weighted by atomic mass is 9.90. The lowest BCUT2D eigenvalue weighted by Gasteiger charge is -2.15. The van der Waals surface area contributed by atoms with Crippen molar-refractivity contribution in [1.29, 1.82) is 0 Å². The van der Waals surface area contributed by atoms with E-state index in [0.717, 1.165) is 11.1 Å². The summed E-state index contributed by atoms with van der Waals surface area (Å²) in [7, 11) is 1.78. The molecule has 0 saturated heterocycles. The molecule has 0 bridgehead atoms. The van der Waals surface area contributed by atoms with Gasteiger partial charge >= 0.3 is 0 Å². The normalized spacial score (nSPS) is 14.5. The van der Waals surface area contributed by atoms with E-state index in [-0.39, 0.29) is 5.82 Å². The molecule has 0 aliphatic heterocycles. The fourth-order valence-electron chi connectivity index (χ4n) is 2.99. The van der Waals surface area contributed by atoms with Crippen LogP contribution < -0.4 is 10.6 Å². The summed E-state index contributed by atoms with van der Waals surface area (Å²) in [6, 6.07) is 6.54. The summed E-state index contributed by atoms with van der Waals surface area (Å²) in [5.74, 6) is 8.05. The molecular formula is C20H23FN4. The smallest absolute Gasteiger partial charge is 0.224 e. The summed E-state index contributed by atoms with van der Waals surface area (Å²) < 4.78 is 13.3. The summed E-state index contributed by atoms with van der Waals surface area (Å²) >= 11 is 0. The molecule has 4 nitrogen and oxygen atoms in total. The van der Waals surface area contributed by atoms with Crippen LogP contribution in [-0.2, 0) is 6.54 Å². The van der Waals surface area contributed by atoms with Crippen molar-refractivity contribution in [3.8, 4) is 11.8 Å². The zero-order valence-electron chi connectivity index (χ0n) is 14.5. The molecule has 1 fully saturated rings. The molecule has 0 atom stereocenters. The summed E-state index contributed by atoms with van der Waals surface area (Å²) in [4.78, 5) is 8.73. The highest BCUT2D eigenvalue weighted by molar-refractivity contribution is 5.55. The first kappa shape index (κ1) is 17.2. The predicted octanol–water partition coefficient (Wildman–Crippen LogP) is 4.20. The molecule has 0 spiro atoms. The molecule has 130 valence electrons. The van der Waals surface area contributed by atoms with E-state index in [2.05, 4.69) is 32.4 Å². The quantitative estimate of drug-likeness (QED) is 0.820. The minimum absolute atomic E-state index is 0.241. The van der Waals surface area contributed by atoms with Gasteiger partial charge in [-0.2, -0.15) is 4.98 Å². The lowest BCUT2D eigenvalue weighted by Crippen LogP contribution is -2.07. The zero-order valence-corrected chi connectivity index (χ0v) is 14.5. The third kappa shape index (κ3) is 4.93. The van der Waals surface area contributed by atoms with Crippen LogP contribution in [0.5, 0.6) is 0 Å². The van der Waals surface area contributed by atoms with Gasteiger partial charge in [-0.25, -0.2) is 9.37 Å². The van der Waals surface area contributed by atoms with Gasteiger partial charge in [0, 0.05) is 19.5 Å². The number of nitrogens with zero attached hydrogens (tertiary/aromatic N) is 2. The third-order valence-electron chi connectivity index (χ3n) is 4.38. The molecule has 2 N–H and O–H groups in total. The van der Waals surface area contributed by atoms with Gasteiger partial charge in [0.1, 0.15) is 11.6 Å². The second-order valence-electron chi connectivity index (χ2n) is 6.29. The Morgan fingerprint density at radius 3 is 2.84 bits per heavy atom. The second-order valence-corrected chi connectivity index (χ2v) is 6.29. The minimum atomic E-state index is -0.241. The van der Waals surface area contributed by atoms with Crippen molar-refractivity contribution in [2.75, 3.05) is 17.7 Å². The zero-order chi connectivity index (χ0) is 17.5. The molecule has 1 aliphatic rings. The van der Waals surface area contributed by atoms with E-state index in [1.807, 2.05) is 6.07 Å². The molecule has 1 aromatic heterocycles. The van der Waals surface area contributed by atoms with Crippen LogP contribution in [0.15, 0.2) is 30.5 Å². The Morgan fingerprint density at radius 2 is 2.08 bits per heavy atom. The van der Waals surface area contributed by atoms with Crippen molar-refractivity contribution in [2.24, 2.45) is 5.92 Å². The summed E-state index contributed by atoms with van der Waals surface area (Å²) in [6.07, 6.45) is 7.93. The van der Waals surface area contributed by atoms with E-state index < -0.39 is 0 Å². The van der Waals surface area contributed by atoms with E-state index in [1.54, 1.807) is 19.3 Å². The number of hydrogen-bond donors (Lipinski definition) is 2. The van der Waals surface area contributed by atoms with Crippen molar-refractivity contribution in [3.63, 3.8) is 0 Å². The molecule has 0 unspecified atom stereocenters. The minimum Gasteiger partial charge on any atom is -0.365 e. The molecule has 1 saturated carbocycles. The highest BCUT2D eigenvalue weighted by atomic mass is 19.1. The number of rotatable bonds is 4. The van der Waals surface area contributed by atoms with E-state index in [0.29, 0.717) is 24.2 Å². The topological polar surface area (TPSA) is 49.8 Å². The molecule has 2 aromatic rings. The second kappa shape index (κ2) is 8.48. The Kier molecular flexibility index (Phi) is 5.84. The van der Waals surface area contributed by atoms with E-state index >= 15 is 0 Å². The summed E-state index contributed by atoms with van der Waals surface area (Å²) in [5, 5.41) is 6.20. The molecule has 5 heteroatoms. The fourth-order valence-corrected chi connectivity index (χ4v) is 2.99. The summed E-state index contributed by atoms with van der Waals surface area (Å²) in [5.41, 5.74) is 1.64. The van der Waals surface area contributed by atoms with Gasteiger partial charge in [0.05, 0.1) is 11.8 Å². The van der Waals surface area contributed by atoms with Crippen LogP contribution in [0.25, 0.3) is 0 Å². The molecule has 0 amide bonds. The largest absolute Gasteiger partial charge is 0.365 e. The van der Waals surface area contributed by atoms with Crippen LogP contribution in [-0.4, -0.2) is 17.0 Å². The van der Waals surface area contributed by atoms with E-state index in [9.17, 15) is 4.39 Å². The lowest BCUT2D eigenvalue weighted by molar-refractivity contribution is 0.430. The molecule has 1 aromatic carbocycles. The van der Waals surface area contributed by atoms with Crippen LogP contribution >= 0.6 is 0 Å². The number of halogens is 1. The van der Waals surface area contributed by atoms with Crippen LogP contribution in [0.3, 0.4) is 0 Å². The standard InChI is InChI=1S/C20H23FN4/c1-22-20-24-14-17(11-10-15-6-3-2-4-7-15)19(25-20)23-13-16-8-5-9-18(21)12-16/h5,8-9,12,14-15H,2-4,6-7,13H2,1H3,(H2,22,23,24,25). The van der Waals surface area contributed by atoms with Gasteiger partial charge in [-0.1, -0.05) is 43.2 Å². The van der Waals surface area contributed by atoms with Gasteiger partial charge in [-0.15, -0.1) is 0 Å².